The van der Waals surface area contributed by atoms with Gasteiger partial charge in [-0.25, -0.2) is 0 Å². The van der Waals surface area contributed by atoms with Crippen LogP contribution in [0.5, 0.6) is 5.75 Å². The Morgan fingerprint density at radius 3 is 2.50 bits per heavy atom. The Balaban J connectivity index is 2.12. The molecule has 2 heteroatoms. The molecule has 96 valence electrons. The Kier molecular flexibility index (Phi) is 4.21. The van der Waals surface area contributed by atoms with E-state index < -0.39 is 0 Å². The van der Waals surface area contributed by atoms with Gasteiger partial charge in [-0.2, -0.15) is 0 Å². The van der Waals surface area contributed by atoms with Gasteiger partial charge in [0.05, 0.1) is 7.11 Å². The predicted octanol–water partition coefficient (Wildman–Crippen LogP) is 3.39. The zero-order valence-electron chi connectivity index (χ0n) is 11.4. The van der Waals surface area contributed by atoms with Crippen molar-refractivity contribution in [2.75, 3.05) is 13.7 Å². The third kappa shape index (κ3) is 3.23. The van der Waals surface area contributed by atoms with Crippen molar-refractivity contribution >= 4 is 10.8 Å². The van der Waals surface area contributed by atoms with Crippen molar-refractivity contribution in [2.45, 2.75) is 26.3 Å². The van der Waals surface area contributed by atoms with E-state index in [0.29, 0.717) is 6.04 Å². The van der Waals surface area contributed by atoms with Crippen LogP contribution < -0.4 is 10.1 Å². The van der Waals surface area contributed by atoms with Gasteiger partial charge in [-0.1, -0.05) is 38.1 Å². The molecule has 2 rings (SSSR count). The molecule has 0 aliphatic heterocycles. The fourth-order valence-electron chi connectivity index (χ4n) is 2.06. The average molecular weight is 243 g/mol. The molecule has 0 aliphatic rings. The fraction of sp³-hybridized carbons (Fsp3) is 0.375. The van der Waals surface area contributed by atoms with E-state index in [2.05, 4.69) is 49.5 Å². The molecule has 0 aromatic heterocycles. The first-order chi connectivity index (χ1) is 8.69. The maximum Gasteiger partial charge on any atom is 0.119 e. The highest BCUT2D eigenvalue weighted by Crippen LogP contribution is 2.21. The van der Waals surface area contributed by atoms with Crippen LogP contribution in [-0.4, -0.2) is 19.7 Å². The van der Waals surface area contributed by atoms with Gasteiger partial charge >= 0.3 is 0 Å². The summed E-state index contributed by atoms with van der Waals surface area (Å²) in [5.41, 5.74) is 1.38. The zero-order chi connectivity index (χ0) is 13.0. The highest BCUT2D eigenvalue weighted by Gasteiger charge is 1.99. The normalized spacial score (nSPS) is 11.1. The van der Waals surface area contributed by atoms with Gasteiger partial charge in [-0.05, 0) is 41.4 Å². The van der Waals surface area contributed by atoms with Crippen LogP contribution in [0.25, 0.3) is 10.8 Å². The van der Waals surface area contributed by atoms with E-state index in [1.165, 1.54) is 16.3 Å². The van der Waals surface area contributed by atoms with Gasteiger partial charge in [0, 0.05) is 6.04 Å². The molecule has 0 radical (unpaired) electrons. The van der Waals surface area contributed by atoms with Crippen molar-refractivity contribution in [3.63, 3.8) is 0 Å². The summed E-state index contributed by atoms with van der Waals surface area (Å²) in [6, 6.07) is 13.4. The quantitative estimate of drug-likeness (QED) is 0.869. The van der Waals surface area contributed by atoms with Crippen molar-refractivity contribution in [2.24, 2.45) is 0 Å². The molecule has 0 atom stereocenters. The Morgan fingerprint density at radius 1 is 1.06 bits per heavy atom. The first-order valence-electron chi connectivity index (χ1n) is 6.49. The molecule has 0 bridgehead atoms. The summed E-state index contributed by atoms with van der Waals surface area (Å²) in [4.78, 5) is 0. The second-order valence-electron chi connectivity index (χ2n) is 4.91. The van der Waals surface area contributed by atoms with Crippen molar-refractivity contribution in [3.8, 4) is 5.75 Å². The van der Waals surface area contributed by atoms with Crippen molar-refractivity contribution < 1.29 is 4.74 Å². The number of hydrogen-bond donors (Lipinski definition) is 1. The molecule has 2 aromatic rings. The maximum atomic E-state index is 5.23. The Morgan fingerprint density at radius 2 is 1.78 bits per heavy atom. The molecular weight excluding hydrogens is 222 g/mol. The van der Waals surface area contributed by atoms with Crippen LogP contribution in [0.15, 0.2) is 36.4 Å². The van der Waals surface area contributed by atoms with Crippen LogP contribution in [0.2, 0.25) is 0 Å². The summed E-state index contributed by atoms with van der Waals surface area (Å²) in [6.45, 7) is 5.37. The van der Waals surface area contributed by atoms with Crippen LogP contribution >= 0.6 is 0 Å². The van der Waals surface area contributed by atoms with Gasteiger partial charge in [0.1, 0.15) is 5.75 Å². The van der Waals surface area contributed by atoms with Crippen LogP contribution in [0.4, 0.5) is 0 Å². The smallest absolute Gasteiger partial charge is 0.119 e. The monoisotopic (exact) mass is 243 g/mol. The molecule has 0 spiro atoms. The summed E-state index contributed by atoms with van der Waals surface area (Å²) in [6.07, 6.45) is 1.07. The fourth-order valence-corrected chi connectivity index (χ4v) is 2.06. The molecule has 0 saturated heterocycles. The van der Waals surface area contributed by atoms with Gasteiger partial charge in [-0.3, -0.25) is 0 Å². The predicted molar refractivity (Wildman–Crippen MR) is 77.3 cm³/mol. The highest BCUT2D eigenvalue weighted by molar-refractivity contribution is 5.84. The lowest BCUT2D eigenvalue weighted by Crippen LogP contribution is -2.24. The van der Waals surface area contributed by atoms with E-state index >= 15 is 0 Å². The number of ether oxygens (including phenoxy) is 1. The minimum atomic E-state index is 0.551. The largest absolute Gasteiger partial charge is 0.497 e. The van der Waals surface area contributed by atoms with E-state index in [0.717, 1.165) is 18.7 Å². The third-order valence-corrected chi connectivity index (χ3v) is 3.08. The second kappa shape index (κ2) is 5.87. The standard InChI is InChI=1S/C16H21NO/c1-12(2)17-9-8-13-4-5-15-11-16(18-3)7-6-14(15)10-13/h4-7,10-12,17H,8-9H2,1-3H3. The molecule has 0 heterocycles. The number of benzene rings is 2. The lowest BCUT2D eigenvalue weighted by molar-refractivity contribution is 0.415. The molecule has 0 aliphatic carbocycles. The highest BCUT2D eigenvalue weighted by atomic mass is 16.5. The number of nitrogens with one attached hydrogen (secondary N) is 1. The number of fused-ring (bicyclic) bond motifs is 1. The minimum Gasteiger partial charge on any atom is -0.497 e. The molecule has 2 nitrogen and oxygen atoms in total. The van der Waals surface area contributed by atoms with E-state index in [-0.39, 0.29) is 0 Å². The van der Waals surface area contributed by atoms with Crippen LogP contribution in [0, 0.1) is 0 Å². The molecule has 0 saturated carbocycles. The third-order valence-electron chi connectivity index (χ3n) is 3.08. The van der Waals surface area contributed by atoms with E-state index in [9.17, 15) is 0 Å². The first-order valence-corrected chi connectivity index (χ1v) is 6.49. The Bertz CT molecular complexity index is 519. The van der Waals surface area contributed by atoms with Gasteiger partial charge in [0.25, 0.3) is 0 Å². The van der Waals surface area contributed by atoms with E-state index in [1.54, 1.807) is 7.11 Å². The molecule has 0 amide bonds. The van der Waals surface area contributed by atoms with Gasteiger partial charge in [0.15, 0.2) is 0 Å². The summed E-state index contributed by atoms with van der Waals surface area (Å²) in [7, 11) is 1.70. The van der Waals surface area contributed by atoms with Crippen molar-refractivity contribution in [1.29, 1.82) is 0 Å². The number of rotatable bonds is 5. The summed E-state index contributed by atoms with van der Waals surface area (Å²) in [5.74, 6) is 0.914. The molecule has 0 unspecified atom stereocenters. The summed E-state index contributed by atoms with van der Waals surface area (Å²) >= 11 is 0. The van der Waals surface area contributed by atoms with Gasteiger partial charge in [-0.15, -0.1) is 0 Å². The SMILES string of the molecule is COc1ccc2cc(CCNC(C)C)ccc2c1. The van der Waals surface area contributed by atoms with E-state index in [1.807, 2.05) is 6.07 Å². The second-order valence-corrected chi connectivity index (χ2v) is 4.91. The zero-order valence-corrected chi connectivity index (χ0v) is 11.4. The first kappa shape index (κ1) is 12.9. The van der Waals surface area contributed by atoms with Crippen molar-refractivity contribution in [3.05, 3.63) is 42.0 Å². The molecular formula is C16H21NO. The molecule has 18 heavy (non-hydrogen) atoms. The Hall–Kier alpha value is -1.54. The van der Waals surface area contributed by atoms with Gasteiger partial charge < -0.3 is 10.1 Å². The topological polar surface area (TPSA) is 21.3 Å². The lowest BCUT2D eigenvalue weighted by atomic mass is 10.0. The minimum absolute atomic E-state index is 0.551. The summed E-state index contributed by atoms with van der Waals surface area (Å²) < 4.78 is 5.23. The maximum absolute atomic E-state index is 5.23. The van der Waals surface area contributed by atoms with Crippen LogP contribution in [0.3, 0.4) is 0 Å². The molecule has 1 N–H and O–H groups in total. The molecule has 2 aromatic carbocycles. The Labute approximate surface area is 109 Å². The van der Waals surface area contributed by atoms with Crippen molar-refractivity contribution in [1.82, 2.24) is 5.32 Å². The summed E-state index contributed by atoms with van der Waals surface area (Å²) in [5, 5.41) is 5.95. The van der Waals surface area contributed by atoms with Crippen LogP contribution in [-0.2, 0) is 6.42 Å². The number of hydrogen-bond acceptors (Lipinski definition) is 2. The molecule has 0 fully saturated rings. The lowest BCUT2D eigenvalue weighted by Gasteiger charge is -2.09. The van der Waals surface area contributed by atoms with Crippen LogP contribution in [0.1, 0.15) is 19.4 Å². The average Bonchev–Trinajstić information content (AvgIpc) is 2.37. The van der Waals surface area contributed by atoms with E-state index in [4.69, 9.17) is 4.74 Å². The van der Waals surface area contributed by atoms with Gasteiger partial charge in [0.2, 0.25) is 0 Å². The number of methoxy groups -OCH3 is 1.